The Morgan fingerprint density at radius 1 is 1.00 bits per heavy atom. The van der Waals surface area contributed by atoms with E-state index < -0.39 is 24.1 Å². The van der Waals surface area contributed by atoms with Crippen LogP contribution in [0.15, 0.2) is 77.7 Å². The minimum absolute atomic E-state index is 0.0922. The summed E-state index contributed by atoms with van der Waals surface area (Å²) in [6, 6.07) is 18.3. The number of nitrogens with one attached hydrogen (secondary N) is 4. The number of hydrogen-bond acceptors (Lipinski definition) is 7. The number of hydrogen-bond donors (Lipinski definition) is 4. The van der Waals surface area contributed by atoms with Gasteiger partial charge in [-0.05, 0) is 71.3 Å². The number of pyridine rings is 1. The lowest BCUT2D eigenvalue weighted by Crippen LogP contribution is -2.37. The van der Waals surface area contributed by atoms with Crippen LogP contribution >= 0.6 is 0 Å². The molecular weight excluding hydrogens is 560 g/mol. The van der Waals surface area contributed by atoms with Crippen molar-refractivity contribution in [3.63, 3.8) is 0 Å². The summed E-state index contributed by atoms with van der Waals surface area (Å²) in [5.41, 5.74) is 4.13. The van der Waals surface area contributed by atoms with Crippen molar-refractivity contribution in [1.82, 2.24) is 10.3 Å². The molecular formula is C34H36N4O6. The highest BCUT2D eigenvalue weighted by Crippen LogP contribution is 2.30. The van der Waals surface area contributed by atoms with Crippen molar-refractivity contribution in [1.29, 1.82) is 0 Å². The highest BCUT2D eigenvalue weighted by molar-refractivity contribution is 5.90. The van der Waals surface area contributed by atoms with Crippen LogP contribution in [0.5, 0.6) is 0 Å². The molecule has 2 aliphatic heterocycles. The SMILES string of the molecule is CCOC(=O)C[C@H]1NC(=O)[C@H](Nc2ccc3cc[nH]c(=O)c3c2)c2ccc(c(CC)c2)[C@@H](C)COC(=O)Nc2cccc1c2. The van der Waals surface area contributed by atoms with Gasteiger partial charge in [-0.1, -0.05) is 50.2 Å². The summed E-state index contributed by atoms with van der Waals surface area (Å²) in [6.45, 7) is 6.09. The first-order valence-electron chi connectivity index (χ1n) is 14.8. The lowest BCUT2D eigenvalue weighted by Gasteiger charge is -2.26. The second-order valence-corrected chi connectivity index (χ2v) is 10.8. The maximum atomic E-state index is 14.2. The Labute approximate surface area is 255 Å². The van der Waals surface area contributed by atoms with Gasteiger partial charge >= 0.3 is 12.1 Å². The maximum absolute atomic E-state index is 14.2. The third-order valence-corrected chi connectivity index (χ3v) is 7.75. The van der Waals surface area contributed by atoms with Gasteiger partial charge in [-0.15, -0.1) is 0 Å². The quantitative estimate of drug-likeness (QED) is 0.209. The van der Waals surface area contributed by atoms with E-state index in [0.717, 1.165) is 16.5 Å². The first-order valence-corrected chi connectivity index (χ1v) is 14.8. The summed E-state index contributed by atoms with van der Waals surface area (Å²) < 4.78 is 10.8. The zero-order valence-corrected chi connectivity index (χ0v) is 24.9. The average Bonchev–Trinajstić information content (AvgIpc) is 3.02. The zero-order valence-electron chi connectivity index (χ0n) is 24.9. The van der Waals surface area contributed by atoms with E-state index in [1.807, 2.05) is 50.2 Å². The van der Waals surface area contributed by atoms with Crippen LogP contribution in [0.3, 0.4) is 0 Å². The van der Waals surface area contributed by atoms with Crippen LogP contribution in [0.1, 0.15) is 67.4 Å². The normalized spacial score (nSPS) is 18.7. The molecule has 0 radical (unpaired) electrons. The molecule has 3 atom stereocenters. The van der Waals surface area contributed by atoms with Crippen LogP contribution in [0, 0.1) is 0 Å². The van der Waals surface area contributed by atoms with Gasteiger partial charge in [0.2, 0.25) is 5.91 Å². The number of esters is 1. The molecule has 6 rings (SSSR count). The molecule has 2 aliphatic rings. The van der Waals surface area contributed by atoms with Crippen LogP contribution in [0.2, 0.25) is 0 Å². The van der Waals surface area contributed by atoms with E-state index in [-0.39, 0.29) is 37.0 Å². The van der Waals surface area contributed by atoms with Gasteiger partial charge in [-0.25, -0.2) is 4.79 Å². The molecule has 2 amide bonds. The van der Waals surface area contributed by atoms with Crippen molar-refractivity contribution in [3.05, 3.63) is 106 Å². The molecule has 10 nitrogen and oxygen atoms in total. The fourth-order valence-corrected chi connectivity index (χ4v) is 5.50. The molecule has 1 aromatic heterocycles. The van der Waals surface area contributed by atoms with E-state index in [4.69, 9.17) is 9.47 Å². The number of ether oxygens (including phenoxy) is 2. The zero-order chi connectivity index (χ0) is 31.2. The third-order valence-electron chi connectivity index (χ3n) is 7.75. The van der Waals surface area contributed by atoms with Crippen LogP contribution in [-0.2, 0) is 25.5 Å². The number of aromatic amines is 1. The lowest BCUT2D eigenvalue weighted by atomic mass is 9.91. The van der Waals surface area contributed by atoms with Crippen LogP contribution in [-0.4, -0.2) is 36.2 Å². The van der Waals surface area contributed by atoms with Crippen molar-refractivity contribution in [3.8, 4) is 0 Å². The number of carbonyl (C=O) groups is 3. The van der Waals surface area contributed by atoms with Crippen LogP contribution in [0.4, 0.5) is 16.2 Å². The number of rotatable bonds is 6. The average molecular weight is 597 g/mol. The largest absolute Gasteiger partial charge is 0.466 e. The monoisotopic (exact) mass is 596 g/mol. The topological polar surface area (TPSA) is 139 Å². The van der Waals surface area contributed by atoms with E-state index >= 15 is 0 Å². The maximum Gasteiger partial charge on any atom is 0.411 e. The smallest absolute Gasteiger partial charge is 0.411 e. The Bertz CT molecular complexity index is 1750. The van der Waals surface area contributed by atoms with E-state index in [1.165, 1.54) is 0 Å². The Morgan fingerprint density at radius 2 is 1.84 bits per heavy atom. The number of amides is 2. The Kier molecular flexibility index (Phi) is 9.28. The van der Waals surface area contributed by atoms with Gasteiger partial charge in [-0.3, -0.25) is 19.7 Å². The Hall–Kier alpha value is -5.12. The molecule has 0 saturated heterocycles. The predicted octanol–water partition coefficient (Wildman–Crippen LogP) is 5.72. The molecule has 0 saturated carbocycles. The van der Waals surface area contributed by atoms with E-state index in [2.05, 4.69) is 20.9 Å². The number of H-pyrrole nitrogens is 1. The summed E-state index contributed by atoms with van der Waals surface area (Å²) in [6.07, 6.45) is 1.56. The third kappa shape index (κ3) is 6.91. The van der Waals surface area contributed by atoms with E-state index in [1.54, 1.807) is 43.5 Å². The summed E-state index contributed by atoms with van der Waals surface area (Å²) >= 11 is 0. The summed E-state index contributed by atoms with van der Waals surface area (Å²) in [4.78, 5) is 54.7. The number of fused-ring (bicyclic) bond motifs is 10. The van der Waals surface area contributed by atoms with Gasteiger partial charge in [-0.2, -0.15) is 0 Å². The van der Waals surface area contributed by atoms with Gasteiger partial charge in [0.25, 0.3) is 5.56 Å². The first kappa shape index (κ1) is 30.3. The number of aromatic nitrogens is 1. The second kappa shape index (κ2) is 13.5. The molecule has 4 aromatic rings. The molecule has 44 heavy (non-hydrogen) atoms. The van der Waals surface area contributed by atoms with Crippen molar-refractivity contribution in [2.45, 2.75) is 51.6 Å². The molecule has 0 aliphatic carbocycles. The predicted molar refractivity (Wildman–Crippen MR) is 169 cm³/mol. The summed E-state index contributed by atoms with van der Waals surface area (Å²) in [5, 5.41) is 10.4. The standard InChI is InChI=1S/C34H36N4O6/c1-4-21-15-24-10-12-27(21)20(3)19-44-34(42)37-25-8-6-7-23(16-25)29(18-30(39)43-5-2)38-33(41)31(24)36-26-11-9-22-13-14-35-32(40)28(22)17-26/h6-17,20,29,31,36H,4-5,18-19H2,1-3H3,(H,35,40)(H,37,42)(H,38,41)/t20-,29+,31+/m0/s1. The summed E-state index contributed by atoms with van der Waals surface area (Å²) in [7, 11) is 0. The van der Waals surface area contributed by atoms with E-state index in [9.17, 15) is 19.2 Å². The van der Waals surface area contributed by atoms with Gasteiger partial charge in [0, 0.05) is 28.9 Å². The highest BCUT2D eigenvalue weighted by atomic mass is 16.5. The van der Waals surface area contributed by atoms with Crippen molar-refractivity contribution in [2.24, 2.45) is 0 Å². The highest BCUT2D eigenvalue weighted by Gasteiger charge is 2.28. The first-order chi connectivity index (χ1) is 21.2. The molecule has 228 valence electrons. The van der Waals surface area contributed by atoms with Crippen LogP contribution in [0.25, 0.3) is 10.8 Å². The molecule has 3 heterocycles. The lowest BCUT2D eigenvalue weighted by molar-refractivity contribution is -0.143. The number of aryl methyl sites for hydroxylation is 1. The molecule has 0 unspecified atom stereocenters. The summed E-state index contributed by atoms with van der Waals surface area (Å²) in [5.74, 6) is -0.950. The minimum atomic E-state index is -0.873. The van der Waals surface area contributed by atoms with Gasteiger partial charge in [0.05, 0.1) is 25.7 Å². The molecule has 10 heteroatoms. The van der Waals surface area contributed by atoms with Gasteiger partial charge < -0.3 is 25.1 Å². The minimum Gasteiger partial charge on any atom is -0.466 e. The number of anilines is 2. The van der Waals surface area contributed by atoms with E-state index in [0.29, 0.717) is 34.3 Å². The van der Waals surface area contributed by atoms with Crippen molar-refractivity contribution in [2.75, 3.05) is 23.8 Å². The molecule has 0 spiro atoms. The molecule has 4 bridgehead atoms. The molecule has 0 fully saturated rings. The second-order valence-electron chi connectivity index (χ2n) is 10.8. The van der Waals surface area contributed by atoms with Crippen LogP contribution < -0.4 is 21.5 Å². The van der Waals surface area contributed by atoms with Gasteiger partial charge in [0.1, 0.15) is 6.04 Å². The van der Waals surface area contributed by atoms with Crippen molar-refractivity contribution < 1.29 is 23.9 Å². The molecule has 4 N–H and O–H groups in total. The fourth-order valence-electron chi connectivity index (χ4n) is 5.50. The fraction of sp³-hybridized carbons (Fsp3) is 0.294. The number of carbonyl (C=O) groups excluding carboxylic acids is 3. The Morgan fingerprint density at radius 3 is 2.64 bits per heavy atom. The number of benzene rings is 3. The van der Waals surface area contributed by atoms with Crippen molar-refractivity contribution >= 4 is 40.1 Å². The molecule has 3 aromatic carbocycles. The van der Waals surface area contributed by atoms with Gasteiger partial charge in [0.15, 0.2) is 0 Å². The Balaban J connectivity index is 1.60.